The van der Waals surface area contributed by atoms with Crippen LogP contribution in [0.4, 0.5) is 11.4 Å². The van der Waals surface area contributed by atoms with Gasteiger partial charge in [-0.1, -0.05) is 25.1 Å². The third kappa shape index (κ3) is 3.31. The molecule has 0 saturated carbocycles. The standard InChI is InChI=1S/C15H12N2O6/c1-9(13-4-2-3-5-14(13)15(18)19)10-6-11(16(20)21)8-12(7-10)17(22)23/h2-9H,1H3,(H,18,19). The first-order chi connectivity index (χ1) is 10.8. The van der Waals surface area contributed by atoms with E-state index in [1.165, 1.54) is 18.2 Å². The quantitative estimate of drug-likeness (QED) is 0.666. The summed E-state index contributed by atoms with van der Waals surface area (Å²) in [7, 11) is 0. The lowest BCUT2D eigenvalue weighted by Crippen LogP contribution is -2.07. The fourth-order valence-electron chi connectivity index (χ4n) is 2.33. The van der Waals surface area contributed by atoms with E-state index in [1.807, 2.05) is 0 Å². The molecule has 2 aromatic rings. The average Bonchev–Trinajstić information content (AvgIpc) is 2.53. The SMILES string of the molecule is CC(c1cc([N+](=O)[O-])cc([N+](=O)[O-])c1)c1ccccc1C(=O)O. The smallest absolute Gasteiger partial charge is 0.335 e. The lowest BCUT2D eigenvalue weighted by molar-refractivity contribution is -0.394. The second kappa shape index (κ2) is 6.22. The molecule has 0 spiro atoms. The highest BCUT2D eigenvalue weighted by molar-refractivity contribution is 5.89. The molecule has 0 aliphatic carbocycles. The molecule has 0 fully saturated rings. The molecule has 23 heavy (non-hydrogen) atoms. The zero-order valence-electron chi connectivity index (χ0n) is 12.0. The Morgan fingerprint density at radius 2 is 1.57 bits per heavy atom. The van der Waals surface area contributed by atoms with Crippen molar-refractivity contribution >= 4 is 17.3 Å². The first kappa shape index (κ1) is 16.1. The molecule has 2 rings (SSSR count). The number of non-ortho nitro benzene ring substituents is 2. The van der Waals surface area contributed by atoms with E-state index < -0.39 is 33.1 Å². The number of aromatic carboxylic acids is 1. The van der Waals surface area contributed by atoms with Gasteiger partial charge < -0.3 is 5.11 Å². The van der Waals surface area contributed by atoms with Crippen LogP contribution in [0.5, 0.6) is 0 Å². The lowest BCUT2D eigenvalue weighted by atomic mass is 9.89. The maximum absolute atomic E-state index is 11.3. The number of nitro benzene ring substituents is 2. The zero-order chi connectivity index (χ0) is 17.1. The van der Waals surface area contributed by atoms with Gasteiger partial charge in [-0.15, -0.1) is 0 Å². The maximum Gasteiger partial charge on any atom is 0.335 e. The Labute approximate surface area is 130 Å². The van der Waals surface area contributed by atoms with E-state index in [-0.39, 0.29) is 5.56 Å². The highest BCUT2D eigenvalue weighted by Crippen LogP contribution is 2.32. The molecule has 1 N–H and O–H groups in total. The molecule has 0 aliphatic heterocycles. The Morgan fingerprint density at radius 3 is 2.04 bits per heavy atom. The third-order valence-corrected chi connectivity index (χ3v) is 3.50. The molecular weight excluding hydrogens is 304 g/mol. The van der Waals surface area contributed by atoms with Crippen molar-refractivity contribution in [2.45, 2.75) is 12.8 Å². The fourth-order valence-corrected chi connectivity index (χ4v) is 2.33. The predicted octanol–water partition coefficient (Wildman–Crippen LogP) is 3.35. The largest absolute Gasteiger partial charge is 0.478 e. The number of carbonyl (C=O) groups is 1. The molecule has 0 bridgehead atoms. The number of hydrogen-bond acceptors (Lipinski definition) is 5. The van der Waals surface area contributed by atoms with Gasteiger partial charge in [0.05, 0.1) is 21.5 Å². The molecule has 2 aromatic carbocycles. The number of nitro groups is 2. The third-order valence-electron chi connectivity index (χ3n) is 3.50. The normalized spacial score (nSPS) is 11.7. The molecule has 118 valence electrons. The summed E-state index contributed by atoms with van der Waals surface area (Å²) in [5.74, 6) is -1.69. The van der Waals surface area contributed by atoms with Crippen molar-refractivity contribution in [3.63, 3.8) is 0 Å². The van der Waals surface area contributed by atoms with Gasteiger partial charge in [0, 0.05) is 18.1 Å². The van der Waals surface area contributed by atoms with Gasteiger partial charge in [0.2, 0.25) is 0 Å². The van der Waals surface area contributed by atoms with E-state index in [2.05, 4.69) is 0 Å². The van der Waals surface area contributed by atoms with E-state index >= 15 is 0 Å². The molecule has 1 unspecified atom stereocenters. The Balaban J connectivity index is 2.59. The van der Waals surface area contributed by atoms with Gasteiger partial charge >= 0.3 is 5.97 Å². The summed E-state index contributed by atoms with van der Waals surface area (Å²) in [6.45, 7) is 1.64. The average molecular weight is 316 g/mol. The van der Waals surface area contributed by atoms with Crippen molar-refractivity contribution in [2.24, 2.45) is 0 Å². The Kier molecular flexibility index (Phi) is 4.35. The Bertz CT molecular complexity index is 770. The van der Waals surface area contributed by atoms with Crippen LogP contribution < -0.4 is 0 Å². The number of rotatable bonds is 5. The molecule has 1 atom stereocenters. The van der Waals surface area contributed by atoms with Crippen LogP contribution in [-0.4, -0.2) is 20.9 Å². The number of nitrogens with zero attached hydrogens (tertiary/aromatic N) is 2. The highest BCUT2D eigenvalue weighted by Gasteiger charge is 2.22. The summed E-state index contributed by atoms with van der Waals surface area (Å²) in [5.41, 5.74) is -0.0359. The molecule has 0 heterocycles. The topological polar surface area (TPSA) is 124 Å². The number of carboxylic acid groups (broad SMARTS) is 1. The van der Waals surface area contributed by atoms with Crippen LogP contribution in [0.2, 0.25) is 0 Å². The summed E-state index contributed by atoms with van der Waals surface area (Å²) in [5, 5.41) is 31.1. The van der Waals surface area contributed by atoms with Gasteiger partial charge in [0.1, 0.15) is 0 Å². The molecule has 8 nitrogen and oxygen atoms in total. The molecule has 0 aromatic heterocycles. The van der Waals surface area contributed by atoms with Crippen LogP contribution in [0.1, 0.15) is 34.3 Å². The van der Waals surface area contributed by atoms with Crippen LogP contribution in [-0.2, 0) is 0 Å². The molecule has 0 aliphatic rings. The summed E-state index contributed by atoms with van der Waals surface area (Å²) in [6, 6.07) is 9.52. The Hall–Kier alpha value is -3.29. The van der Waals surface area contributed by atoms with E-state index in [9.17, 15) is 30.1 Å². The lowest BCUT2D eigenvalue weighted by Gasteiger charge is -2.14. The van der Waals surface area contributed by atoms with Crippen molar-refractivity contribution in [3.8, 4) is 0 Å². The van der Waals surface area contributed by atoms with Crippen LogP contribution in [0.15, 0.2) is 42.5 Å². The second-order valence-electron chi connectivity index (χ2n) is 4.91. The fraction of sp³-hybridized carbons (Fsp3) is 0.133. The van der Waals surface area contributed by atoms with Crippen LogP contribution >= 0.6 is 0 Å². The predicted molar refractivity (Wildman–Crippen MR) is 80.7 cm³/mol. The van der Waals surface area contributed by atoms with Gasteiger partial charge in [-0.05, 0) is 17.2 Å². The van der Waals surface area contributed by atoms with E-state index in [0.29, 0.717) is 11.1 Å². The van der Waals surface area contributed by atoms with E-state index in [4.69, 9.17) is 0 Å². The summed E-state index contributed by atoms with van der Waals surface area (Å²) in [6.07, 6.45) is 0. The molecule has 0 saturated heterocycles. The van der Waals surface area contributed by atoms with Crippen molar-refractivity contribution < 1.29 is 19.7 Å². The first-order valence-electron chi connectivity index (χ1n) is 6.57. The van der Waals surface area contributed by atoms with Crippen molar-refractivity contribution in [2.75, 3.05) is 0 Å². The van der Waals surface area contributed by atoms with Gasteiger partial charge in [0.15, 0.2) is 0 Å². The minimum atomic E-state index is -1.13. The molecule has 0 radical (unpaired) electrons. The minimum Gasteiger partial charge on any atom is -0.478 e. The number of carboxylic acids is 1. The summed E-state index contributed by atoms with van der Waals surface area (Å²) < 4.78 is 0. The molecular formula is C15H12N2O6. The minimum absolute atomic E-state index is 0.0501. The van der Waals surface area contributed by atoms with Crippen molar-refractivity contribution in [3.05, 3.63) is 79.4 Å². The number of benzene rings is 2. The van der Waals surface area contributed by atoms with E-state index in [0.717, 1.165) is 6.07 Å². The molecule has 8 heteroatoms. The Morgan fingerprint density at radius 1 is 1.04 bits per heavy atom. The van der Waals surface area contributed by atoms with Gasteiger partial charge in [-0.2, -0.15) is 0 Å². The first-order valence-corrected chi connectivity index (χ1v) is 6.57. The van der Waals surface area contributed by atoms with Crippen LogP contribution in [0, 0.1) is 20.2 Å². The summed E-state index contributed by atoms with van der Waals surface area (Å²) in [4.78, 5) is 31.8. The maximum atomic E-state index is 11.3. The highest BCUT2D eigenvalue weighted by atomic mass is 16.6. The zero-order valence-corrected chi connectivity index (χ0v) is 12.0. The van der Waals surface area contributed by atoms with Crippen molar-refractivity contribution in [1.29, 1.82) is 0 Å². The summed E-state index contributed by atoms with van der Waals surface area (Å²) >= 11 is 0. The molecule has 0 amide bonds. The van der Waals surface area contributed by atoms with Crippen LogP contribution in [0.25, 0.3) is 0 Å². The van der Waals surface area contributed by atoms with Crippen LogP contribution in [0.3, 0.4) is 0 Å². The van der Waals surface area contributed by atoms with Gasteiger partial charge in [-0.25, -0.2) is 4.79 Å². The van der Waals surface area contributed by atoms with E-state index in [1.54, 1.807) is 25.1 Å². The number of hydrogen-bond donors (Lipinski definition) is 1. The van der Waals surface area contributed by atoms with Crippen molar-refractivity contribution in [1.82, 2.24) is 0 Å². The van der Waals surface area contributed by atoms with Gasteiger partial charge in [0.25, 0.3) is 11.4 Å². The van der Waals surface area contributed by atoms with Gasteiger partial charge in [-0.3, -0.25) is 20.2 Å². The second-order valence-corrected chi connectivity index (χ2v) is 4.91. The monoisotopic (exact) mass is 316 g/mol.